The molecule has 5 nitrogen and oxygen atoms in total. The molecule has 0 radical (unpaired) electrons. The van der Waals surface area contributed by atoms with Crippen LogP contribution in [0.5, 0.6) is 0 Å². The first-order valence-electron chi connectivity index (χ1n) is 8.79. The summed E-state index contributed by atoms with van der Waals surface area (Å²) < 4.78 is 16.5. The third-order valence-corrected chi connectivity index (χ3v) is 4.03. The van der Waals surface area contributed by atoms with Crippen molar-refractivity contribution < 1.29 is 18.7 Å². The molecule has 1 aromatic carbocycles. The molecule has 2 heterocycles. The molecule has 3 rings (SSSR count). The smallest absolute Gasteiger partial charge is 0.129 e. The van der Waals surface area contributed by atoms with Crippen molar-refractivity contribution in [2.24, 2.45) is 0 Å². The Kier molecular flexibility index (Phi) is 6.66. The Morgan fingerprint density at radius 3 is 2.54 bits per heavy atom. The third-order valence-electron chi connectivity index (χ3n) is 4.03. The highest BCUT2D eigenvalue weighted by Crippen LogP contribution is 2.13. The molecule has 0 aliphatic heterocycles. The topological polar surface area (TPSA) is 59.0 Å². The fourth-order valence-electron chi connectivity index (χ4n) is 2.86. The lowest BCUT2D eigenvalue weighted by atomic mass is 10.2. The fraction of sp³-hybridized carbons (Fsp3) is 0.333. The molecule has 0 amide bonds. The van der Waals surface area contributed by atoms with Gasteiger partial charge in [0.15, 0.2) is 0 Å². The Morgan fingerprint density at radius 1 is 1.00 bits per heavy atom. The van der Waals surface area contributed by atoms with Crippen LogP contribution >= 0.6 is 0 Å². The summed E-state index contributed by atoms with van der Waals surface area (Å²) in [5.74, 6) is 2.54. The number of rotatable bonds is 10. The Balaban J connectivity index is 1.54. The van der Waals surface area contributed by atoms with Gasteiger partial charge in [0, 0.05) is 13.1 Å². The number of aliphatic hydroxyl groups is 1. The van der Waals surface area contributed by atoms with Gasteiger partial charge in [0.2, 0.25) is 0 Å². The molecular weight excluding hydrogens is 330 g/mol. The summed E-state index contributed by atoms with van der Waals surface area (Å²) in [6.07, 6.45) is 1.02. The van der Waals surface area contributed by atoms with Crippen molar-refractivity contribution in [1.29, 1.82) is 0 Å². The quantitative estimate of drug-likeness (QED) is 0.600. The molecule has 0 fully saturated rings. The minimum absolute atomic E-state index is 0.253. The molecular formula is C21H25NO4. The summed E-state index contributed by atoms with van der Waals surface area (Å²) in [6, 6.07) is 17.8. The molecule has 0 bridgehead atoms. The SMILES string of the molecule is Cc1ccc(CN(Cc2ccccc2)CC(O)COCc2ccco2)o1. The fourth-order valence-corrected chi connectivity index (χ4v) is 2.86. The molecule has 0 spiro atoms. The first-order chi connectivity index (χ1) is 12.7. The normalized spacial score (nSPS) is 12.6. The van der Waals surface area contributed by atoms with Crippen LogP contribution < -0.4 is 0 Å². The van der Waals surface area contributed by atoms with Gasteiger partial charge in [-0.3, -0.25) is 4.90 Å². The van der Waals surface area contributed by atoms with E-state index in [4.69, 9.17) is 13.6 Å². The van der Waals surface area contributed by atoms with E-state index in [2.05, 4.69) is 17.0 Å². The van der Waals surface area contributed by atoms with Crippen LogP contribution in [0.25, 0.3) is 0 Å². The number of aryl methyl sites for hydroxylation is 1. The van der Waals surface area contributed by atoms with Crippen LogP contribution in [0.4, 0.5) is 0 Å². The zero-order valence-electron chi connectivity index (χ0n) is 15.0. The largest absolute Gasteiger partial charge is 0.467 e. The van der Waals surface area contributed by atoms with Gasteiger partial charge in [0.05, 0.1) is 25.5 Å². The zero-order chi connectivity index (χ0) is 18.2. The second kappa shape index (κ2) is 9.38. The molecule has 0 saturated heterocycles. The number of hydrogen-bond acceptors (Lipinski definition) is 5. The molecule has 5 heteroatoms. The molecule has 1 unspecified atom stereocenters. The molecule has 1 N–H and O–H groups in total. The van der Waals surface area contributed by atoms with E-state index in [1.165, 1.54) is 5.56 Å². The van der Waals surface area contributed by atoms with Crippen molar-refractivity contribution in [2.45, 2.75) is 32.7 Å². The summed E-state index contributed by atoms with van der Waals surface area (Å²) in [5, 5.41) is 10.4. The minimum atomic E-state index is -0.593. The molecule has 1 atom stereocenters. The monoisotopic (exact) mass is 355 g/mol. The first kappa shape index (κ1) is 18.5. The van der Waals surface area contributed by atoms with E-state index in [9.17, 15) is 5.11 Å². The highest BCUT2D eigenvalue weighted by atomic mass is 16.5. The van der Waals surface area contributed by atoms with Gasteiger partial charge in [-0.1, -0.05) is 30.3 Å². The first-order valence-corrected chi connectivity index (χ1v) is 8.79. The van der Waals surface area contributed by atoms with Crippen LogP contribution in [0, 0.1) is 6.92 Å². The van der Waals surface area contributed by atoms with E-state index >= 15 is 0 Å². The zero-order valence-corrected chi connectivity index (χ0v) is 15.0. The number of hydrogen-bond donors (Lipinski definition) is 1. The van der Waals surface area contributed by atoms with Gasteiger partial charge >= 0.3 is 0 Å². The second-order valence-corrected chi connectivity index (χ2v) is 6.42. The maximum absolute atomic E-state index is 10.4. The molecule has 0 aliphatic carbocycles. The molecule has 0 saturated carbocycles. The number of benzene rings is 1. The molecule has 26 heavy (non-hydrogen) atoms. The summed E-state index contributed by atoms with van der Waals surface area (Å²) in [5.41, 5.74) is 1.19. The Bertz CT molecular complexity index is 751. The van der Waals surface area contributed by atoms with Gasteiger partial charge in [-0.25, -0.2) is 0 Å². The lowest BCUT2D eigenvalue weighted by molar-refractivity contribution is 0.00160. The van der Waals surface area contributed by atoms with Crippen molar-refractivity contribution in [3.8, 4) is 0 Å². The Hall–Kier alpha value is -2.34. The van der Waals surface area contributed by atoms with Gasteiger partial charge in [0.1, 0.15) is 23.9 Å². The van der Waals surface area contributed by atoms with Gasteiger partial charge in [0.25, 0.3) is 0 Å². The number of nitrogens with zero attached hydrogens (tertiary/aromatic N) is 1. The van der Waals surface area contributed by atoms with Crippen LogP contribution in [-0.4, -0.2) is 29.3 Å². The predicted octanol–water partition coefficient (Wildman–Crippen LogP) is 3.76. The van der Waals surface area contributed by atoms with Crippen molar-refractivity contribution >= 4 is 0 Å². The average Bonchev–Trinajstić information content (AvgIpc) is 3.27. The predicted molar refractivity (Wildman–Crippen MR) is 98.4 cm³/mol. The van der Waals surface area contributed by atoms with Crippen molar-refractivity contribution in [3.63, 3.8) is 0 Å². The minimum Gasteiger partial charge on any atom is -0.467 e. The van der Waals surface area contributed by atoms with Crippen LogP contribution in [0.15, 0.2) is 69.7 Å². The second-order valence-electron chi connectivity index (χ2n) is 6.42. The number of aliphatic hydroxyl groups excluding tert-OH is 1. The average molecular weight is 355 g/mol. The highest BCUT2D eigenvalue weighted by molar-refractivity contribution is 5.15. The summed E-state index contributed by atoms with van der Waals surface area (Å²) in [7, 11) is 0. The van der Waals surface area contributed by atoms with Gasteiger partial charge < -0.3 is 18.7 Å². The lowest BCUT2D eigenvalue weighted by Crippen LogP contribution is -2.34. The number of furan rings is 2. The summed E-state index contributed by atoms with van der Waals surface area (Å²) in [4.78, 5) is 2.16. The maximum atomic E-state index is 10.4. The van der Waals surface area contributed by atoms with Gasteiger partial charge in [-0.05, 0) is 36.8 Å². The standard InChI is InChI=1S/C21H25NO4/c1-17-9-10-20(26-17)14-22(12-18-6-3-2-4-7-18)13-19(23)15-24-16-21-8-5-11-25-21/h2-11,19,23H,12-16H2,1H3. The number of ether oxygens (including phenoxy) is 1. The van der Waals surface area contributed by atoms with E-state index in [0.717, 1.165) is 23.8 Å². The van der Waals surface area contributed by atoms with E-state index in [-0.39, 0.29) is 6.61 Å². The summed E-state index contributed by atoms with van der Waals surface area (Å²) >= 11 is 0. The summed E-state index contributed by atoms with van der Waals surface area (Å²) in [6.45, 7) is 4.41. The molecule has 2 aromatic heterocycles. The van der Waals surface area contributed by atoms with E-state index < -0.39 is 6.10 Å². The van der Waals surface area contributed by atoms with Crippen molar-refractivity contribution in [2.75, 3.05) is 13.2 Å². The maximum Gasteiger partial charge on any atom is 0.129 e. The lowest BCUT2D eigenvalue weighted by Gasteiger charge is -2.24. The van der Waals surface area contributed by atoms with Crippen LogP contribution in [0.2, 0.25) is 0 Å². The highest BCUT2D eigenvalue weighted by Gasteiger charge is 2.15. The van der Waals surface area contributed by atoms with E-state index in [0.29, 0.717) is 19.7 Å². The Labute approximate surface area is 153 Å². The van der Waals surface area contributed by atoms with Crippen LogP contribution in [-0.2, 0) is 24.4 Å². The van der Waals surface area contributed by atoms with E-state index in [1.54, 1.807) is 6.26 Å². The van der Waals surface area contributed by atoms with Crippen molar-refractivity contribution in [1.82, 2.24) is 4.90 Å². The van der Waals surface area contributed by atoms with Crippen LogP contribution in [0.1, 0.15) is 22.8 Å². The van der Waals surface area contributed by atoms with Gasteiger partial charge in [-0.2, -0.15) is 0 Å². The Morgan fingerprint density at radius 2 is 1.85 bits per heavy atom. The molecule has 138 valence electrons. The third kappa shape index (κ3) is 5.88. The van der Waals surface area contributed by atoms with Crippen LogP contribution in [0.3, 0.4) is 0 Å². The molecule has 0 aliphatic rings. The molecule has 3 aromatic rings. The van der Waals surface area contributed by atoms with Crippen molar-refractivity contribution in [3.05, 3.63) is 83.7 Å². The van der Waals surface area contributed by atoms with Gasteiger partial charge in [-0.15, -0.1) is 0 Å². The van der Waals surface area contributed by atoms with E-state index in [1.807, 2.05) is 49.4 Å².